The molecule has 5 heteroatoms. The van der Waals surface area contributed by atoms with E-state index in [0.29, 0.717) is 6.54 Å². The van der Waals surface area contributed by atoms with Crippen LogP contribution < -0.4 is 5.32 Å². The molecule has 2 amide bonds. The van der Waals surface area contributed by atoms with E-state index in [1.165, 1.54) is 0 Å². The van der Waals surface area contributed by atoms with Crippen molar-refractivity contribution >= 4 is 6.03 Å². The average molecular weight is 237 g/mol. The number of likely N-dealkylation sites (N-methyl/N-ethyl adjacent to an activating group) is 1. The Labute approximate surface area is 101 Å². The lowest BCUT2D eigenvalue weighted by atomic mass is 10.4. The first kappa shape index (κ1) is 12.0. The third-order valence-corrected chi connectivity index (χ3v) is 2.92. The van der Waals surface area contributed by atoms with Crippen LogP contribution in [0.15, 0.2) is 16.5 Å². The summed E-state index contributed by atoms with van der Waals surface area (Å²) in [6.45, 7) is 5.86. The lowest BCUT2D eigenvalue weighted by Gasteiger charge is -2.13. The van der Waals surface area contributed by atoms with Gasteiger partial charge in [-0.1, -0.05) is 6.92 Å². The third-order valence-electron chi connectivity index (χ3n) is 2.92. The molecular weight excluding hydrogens is 218 g/mol. The number of carbonyl (C=O) groups excluding carboxylic acids is 1. The van der Waals surface area contributed by atoms with Crippen LogP contribution in [0.2, 0.25) is 0 Å². The standard InChI is InChI=1S/C12H19N3O2/c1-3-13-8-10-4-5-11(17-10)9-15-7-6-14(2)12(15)16/h4-5,13H,3,6-9H2,1-2H3. The molecular formula is C12H19N3O2. The number of nitrogens with zero attached hydrogens (tertiary/aromatic N) is 2. The molecule has 1 aliphatic rings. The quantitative estimate of drug-likeness (QED) is 0.838. The van der Waals surface area contributed by atoms with Crippen LogP contribution >= 0.6 is 0 Å². The number of amides is 2. The Morgan fingerprint density at radius 3 is 2.76 bits per heavy atom. The Bertz CT molecular complexity index is 389. The second-order valence-electron chi connectivity index (χ2n) is 4.27. The zero-order valence-corrected chi connectivity index (χ0v) is 10.4. The van der Waals surface area contributed by atoms with Gasteiger partial charge < -0.3 is 19.5 Å². The maximum absolute atomic E-state index is 11.7. The van der Waals surface area contributed by atoms with Crippen molar-refractivity contribution < 1.29 is 9.21 Å². The van der Waals surface area contributed by atoms with Crippen LogP contribution in [0.3, 0.4) is 0 Å². The SMILES string of the molecule is CCNCc1ccc(CN2CCN(C)C2=O)o1. The van der Waals surface area contributed by atoms with Crippen LogP contribution in [0.4, 0.5) is 4.79 Å². The molecule has 1 N–H and O–H groups in total. The van der Waals surface area contributed by atoms with E-state index < -0.39 is 0 Å². The van der Waals surface area contributed by atoms with Crippen molar-refractivity contribution in [2.75, 3.05) is 26.7 Å². The van der Waals surface area contributed by atoms with Crippen LogP contribution in [0.25, 0.3) is 0 Å². The molecule has 0 spiro atoms. The Morgan fingerprint density at radius 1 is 1.35 bits per heavy atom. The van der Waals surface area contributed by atoms with Gasteiger partial charge in [0, 0.05) is 20.1 Å². The average Bonchev–Trinajstić information content (AvgIpc) is 2.89. The predicted molar refractivity (Wildman–Crippen MR) is 64.5 cm³/mol. The number of hydrogen-bond donors (Lipinski definition) is 1. The largest absolute Gasteiger partial charge is 0.463 e. The second-order valence-corrected chi connectivity index (χ2v) is 4.27. The van der Waals surface area contributed by atoms with Gasteiger partial charge in [0.25, 0.3) is 0 Å². The number of rotatable bonds is 5. The van der Waals surface area contributed by atoms with Crippen molar-refractivity contribution in [1.82, 2.24) is 15.1 Å². The van der Waals surface area contributed by atoms with Gasteiger partial charge in [-0.05, 0) is 18.7 Å². The van der Waals surface area contributed by atoms with E-state index in [9.17, 15) is 4.79 Å². The van der Waals surface area contributed by atoms with E-state index >= 15 is 0 Å². The van der Waals surface area contributed by atoms with Crippen LogP contribution in [0.1, 0.15) is 18.4 Å². The molecule has 2 heterocycles. The summed E-state index contributed by atoms with van der Waals surface area (Å²) in [5.74, 6) is 1.77. The van der Waals surface area contributed by atoms with E-state index in [0.717, 1.165) is 37.7 Å². The number of hydrogen-bond acceptors (Lipinski definition) is 3. The minimum Gasteiger partial charge on any atom is -0.463 e. The van der Waals surface area contributed by atoms with E-state index in [4.69, 9.17) is 4.42 Å². The van der Waals surface area contributed by atoms with Gasteiger partial charge in [0.15, 0.2) is 0 Å². The summed E-state index contributed by atoms with van der Waals surface area (Å²) in [5, 5.41) is 3.20. The maximum Gasteiger partial charge on any atom is 0.320 e. The predicted octanol–water partition coefficient (Wildman–Crippen LogP) is 1.26. The molecule has 1 aliphatic heterocycles. The van der Waals surface area contributed by atoms with E-state index in [-0.39, 0.29) is 6.03 Å². The summed E-state index contributed by atoms with van der Waals surface area (Å²) < 4.78 is 5.66. The summed E-state index contributed by atoms with van der Waals surface area (Å²) in [5.41, 5.74) is 0. The van der Waals surface area contributed by atoms with Crippen molar-refractivity contribution in [3.8, 4) is 0 Å². The van der Waals surface area contributed by atoms with E-state index in [1.807, 2.05) is 19.2 Å². The monoisotopic (exact) mass is 237 g/mol. The smallest absolute Gasteiger partial charge is 0.320 e. The Morgan fingerprint density at radius 2 is 2.12 bits per heavy atom. The topological polar surface area (TPSA) is 48.7 Å². The first-order valence-corrected chi connectivity index (χ1v) is 5.99. The highest BCUT2D eigenvalue weighted by Crippen LogP contribution is 2.14. The molecule has 2 rings (SSSR count). The highest BCUT2D eigenvalue weighted by atomic mass is 16.3. The first-order chi connectivity index (χ1) is 8.20. The van der Waals surface area contributed by atoms with Crippen molar-refractivity contribution in [2.24, 2.45) is 0 Å². The Hall–Kier alpha value is -1.49. The minimum absolute atomic E-state index is 0.0784. The van der Waals surface area contributed by atoms with Gasteiger partial charge in [-0.2, -0.15) is 0 Å². The number of urea groups is 1. The molecule has 0 unspecified atom stereocenters. The van der Waals surface area contributed by atoms with Crippen molar-refractivity contribution in [3.63, 3.8) is 0 Å². The summed E-state index contributed by atoms with van der Waals surface area (Å²) >= 11 is 0. The fraction of sp³-hybridized carbons (Fsp3) is 0.583. The molecule has 0 atom stereocenters. The van der Waals surface area contributed by atoms with Gasteiger partial charge in [0.1, 0.15) is 11.5 Å². The van der Waals surface area contributed by atoms with Gasteiger partial charge in [0.05, 0.1) is 13.1 Å². The highest BCUT2D eigenvalue weighted by Gasteiger charge is 2.25. The lowest BCUT2D eigenvalue weighted by molar-refractivity contribution is 0.193. The number of nitrogens with one attached hydrogen (secondary N) is 1. The van der Waals surface area contributed by atoms with Crippen LogP contribution in [0.5, 0.6) is 0 Å². The van der Waals surface area contributed by atoms with E-state index in [1.54, 1.807) is 9.80 Å². The molecule has 1 aromatic rings. The van der Waals surface area contributed by atoms with Crippen molar-refractivity contribution in [1.29, 1.82) is 0 Å². The molecule has 1 aromatic heterocycles. The Kier molecular flexibility index (Phi) is 3.68. The molecule has 0 bridgehead atoms. The molecule has 5 nitrogen and oxygen atoms in total. The van der Waals surface area contributed by atoms with Gasteiger partial charge in [-0.25, -0.2) is 4.79 Å². The summed E-state index contributed by atoms with van der Waals surface area (Å²) in [7, 11) is 1.82. The lowest BCUT2D eigenvalue weighted by Crippen LogP contribution is -2.28. The molecule has 0 aromatic carbocycles. The first-order valence-electron chi connectivity index (χ1n) is 5.99. The molecule has 0 saturated carbocycles. The van der Waals surface area contributed by atoms with E-state index in [2.05, 4.69) is 12.2 Å². The summed E-state index contributed by atoms with van der Waals surface area (Å²) in [4.78, 5) is 15.2. The van der Waals surface area contributed by atoms with Gasteiger partial charge in [0.2, 0.25) is 0 Å². The Balaban J connectivity index is 1.90. The molecule has 1 fully saturated rings. The molecule has 94 valence electrons. The van der Waals surface area contributed by atoms with Crippen LogP contribution in [-0.2, 0) is 13.1 Å². The molecule has 17 heavy (non-hydrogen) atoms. The third kappa shape index (κ3) is 2.79. The summed E-state index contributed by atoms with van der Waals surface area (Å²) in [6, 6.07) is 3.98. The molecule has 1 saturated heterocycles. The normalized spacial score (nSPS) is 16.0. The zero-order chi connectivity index (χ0) is 12.3. The van der Waals surface area contributed by atoms with Crippen LogP contribution in [-0.4, -0.2) is 42.5 Å². The van der Waals surface area contributed by atoms with Crippen LogP contribution in [0, 0.1) is 0 Å². The molecule has 0 aliphatic carbocycles. The van der Waals surface area contributed by atoms with Gasteiger partial charge in [-0.15, -0.1) is 0 Å². The van der Waals surface area contributed by atoms with Gasteiger partial charge in [-0.3, -0.25) is 0 Å². The highest BCUT2D eigenvalue weighted by molar-refractivity contribution is 5.76. The fourth-order valence-corrected chi connectivity index (χ4v) is 1.89. The number of furan rings is 1. The minimum atomic E-state index is 0.0784. The maximum atomic E-state index is 11.7. The van der Waals surface area contributed by atoms with Crippen molar-refractivity contribution in [3.05, 3.63) is 23.7 Å². The second kappa shape index (κ2) is 5.23. The fourth-order valence-electron chi connectivity index (χ4n) is 1.89. The summed E-state index contributed by atoms with van der Waals surface area (Å²) in [6.07, 6.45) is 0. The zero-order valence-electron chi connectivity index (χ0n) is 10.4. The van der Waals surface area contributed by atoms with Gasteiger partial charge >= 0.3 is 6.03 Å². The molecule has 0 radical (unpaired) electrons. The van der Waals surface area contributed by atoms with Crippen molar-refractivity contribution in [2.45, 2.75) is 20.0 Å². The number of carbonyl (C=O) groups is 1.